The average molecular weight is 256 g/mol. The number of carbonyl (C=O) groups is 1. The zero-order chi connectivity index (χ0) is 13.3. The minimum absolute atomic E-state index is 0.693. The Hall–Kier alpha value is -1.80. The van der Waals surface area contributed by atoms with Crippen LogP contribution in [0, 0.1) is 0 Å². The van der Waals surface area contributed by atoms with Crippen LogP contribution in [-0.4, -0.2) is 35.0 Å². The Morgan fingerprint density at radius 2 is 1.71 bits per heavy atom. The first-order valence-corrected chi connectivity index (χ1v) is 4.06. The third-order valence-corrected chi connectivity index (χ3v) is 1.71. The van der Waals surface area contributed by atoms with Crippen LogP contribution in [0.3, 0.4) is 0 Å². The standard InChI is InChI=1S/C8H5F5N2O2/c1-17-6-4(14-2-3-15-6)5(16)7(9,10)8(11,12)13/h2-3H,1H3. The summed E-state index contributed by atoms with van der Waals surface area (Å²) in [5.41, 5.74) is -1.17. The summed E-state index contributed by atoms with van der Waals surface area (Å²) in [6.07, 6.45) is -4.20. The van der Waals surface area contributed by atoms with Crippen molar-refractivity contribution in [3.8, 4) is 5.88 Å². The molecule has 0 atom stereocenters. The van der Waals surface area contributed by atoms with E-state index in [0.717, 1.165) is 19.5 Å². The number of aromatic nitrogens is 2. The fourth-order valence-electron chi connectivity index (χ4n) is 0.908. The highest BCUT2D eigenvalue weighted by Gasteiger charge is 2.64. The highest BCUT2D eigenvalue weighted by molar-refractivity contribution is 6.02. The van der Waals surface area contributed by atoms with E-state index < -0.39 is 29.5 Å². The molecule has 17 heavy (non-hydrogen) atoms. The molecule has 0 N–H and O–H groups in total. The zero-order valence-electron chi connectivity index (χ0n) is 8.26. The molecule has 1 rings (SSSR count). The topological polar surface area (TPSA) is 52.1 Å². The lowest BCUT2D eigenvalue weighted by Crippen LogP contribution is -2.44. The van der Waals surface area contributed by atoms with Crippen molar-refractivity contribution in [1.29, 1.82) is 0 Å². The summed E-state index contributed by atoms with van der Waals surface area (Å²) >= 11 is 0. The number of hydrogen-bond donors (Lipinski definition) is 0. The molecule has 94 valence electrons. The van der Waals surface area contributed by atoms with Gasteiger partial charge in [0.15, 0.2) is 5.69 Å². The second-order valence-corrected chi connectivity index (χ2v) is 2.82. The normalized spacial score (nSPS) is 12.4. The van der Waals surface area contributed by atoms with Crippen LogP contribution >= 0.6 is 0 Å². The Morgan fingerprint density at radius 3 is 2.18 bits per heavy atom. The Bertz CT molecular complexity index is 432. The predicted molar refractivity (Wildman–Crippen MR) is 43.9 cm³/mol. The summed E-state index contributed by atoms with van der Waals surface area (Å²) in [5.74, 6) is -8.73. The molecule has 1 aromatic rings. The first-order chi connectivity index (χ1) is 7.71. The molecule has 0 saturated carbocycles. The number of nitrogens with zero attached hydrogens (tertiary/aromatic N) is 2. The lowest BCUT2D eigenvalue weighted by Gasteiger charge is -2.17. The van der Waals surface area contributed by atoms with E-state index in [1.54, 1.807) is 0 Å². The number of hydrogen-bond acceptors (Lipinski definition) is 4. The van der Waals surface area contributed by atoms with Gasteiger partial charge >= 0.3 is 12.1 Å². The number of alkyl halides is 5. The van der Waals surface area contributed by atoms with Crippen molar-refractivity contribution in [3.05, 3.63) is 18.1 Å². The van der Waals surface area contributed by atoms with Crippen LogP contribution in [0.1, 0.15) is 10.5 Å². The lowest BCUT2D eigenvalue weighted by molar-refractivity contribution is -0.255. The van der Waals surface area contributed by atoms with Crippen molar-refractivity contribution >= 4 is 5.78 Å². The monoisotopic (exact) mass is 256 g/mol. The molecule has 4 nitrogen and oxygen atoms in total. The van der Waals surface area contributed by atoms with E-state index in [0.29, 0.717) is 0 Å². The van der Waals surface area contributed by atoms with Gasteiger partial charge in [-0.1, -0.05) is 0 Å². The van der Waals surface area contributed by atoms with Crippen LogP contribution in [0.4, 0.5) is 22.0 Å². The highest BCUT2D eigenvalue weighted by atomic mass is 19.4. The van der Waals surface area contributed by atoms with Gasteiger partial charge in [-0.3, -0.25) is 4.79 Å². The average Bonchev–Trinajstić information content (AvgIpc) is 2.26. The molecule has 1 heterocycles. The van der Waals surface area contributed by atoms with Gasteiger partial charge < -0.3 is 4.74 Å². The fraction of sp³-hybridized carbons (Fsp3) is 0.375. The summed E-state index contributed by atoms with van der Waals surface area (Å²) in [6.45, 7) is 0. The first kappa shape index (κ1) is 13.3. The summed E-state index contributed by atoms with van der Waals surface area (Å²) in [4.78, 5) is 17.5. The molecule has 0 spiro atoms. The Balaban J connectivity index is 3.22. The van der Waals surface area contributed by atoms with Gasteiger partial charge in [0.1, 0.15) is 0 Å². The lowest BCUT2D eigenvalue weighted by atomic mass is 10.1. The minimum atomic E-state index is -5.99. The SMILES string of the molecule is COc1nccnc1C(=O)C(F)(F)C(F)(F)F. The summed E-state index contributed by atoms with van der Waals surface area (Å²) in [6, 6.07) is 0. The first-order valence-electron chi connectivity index (χ1n) is 4.06. The van der Waals surface area contributed by atoms with E-state index in [1.807, 2.05) is 0 Å². The molecule has 9 heteroatoms. The van der Waals surface area contributed by atoms with Gasteiger partial charge in [0, 0.05) is 12.4 Å². The van der Waals surface area contributed by atoms with Gasteiger partial charge in [-0.25, -0.2) is 9.97 Å². The van der Waals surface area contributed by atoms with E-state index >= 15 is 0 Å². The molecule has 0 unspecified atom stereocenters. The van der Waals surface area contributed by atoms with Crippen molar-refractivity contribution in [2.75, 3.05) is 7.11 Å². The molecule has 0 amide bonds. The van der Waals surface area contributed by atoms with Crippen molar-refractivity contribution in [2.45, 2.75) is 12.1 Å². The molecule has 0 aromatic carbocycles. The van der Waals surface area contributed by atoms with Gasteiger partial charge in [-0.2, -0.15) is 22.0 Å². The van der Waals surface area contributed by atoms with E-state index in [1.165, 1.54) is 0 Å². The van der Waals surface area contributed by atoms with E-state index in [-0.39, 0.29) is 0 Å². The molecule has 0 fully saturated rings. The number of methoxy groups -OCH3 is 1. The minimum Gasteiger partial charge on any atom is -0.479 e. The van der Waals surface area contributed by atoms with Crippen molar-refractivity contribution in [3.63, 3.8) is 0 Å². The number of carbonyl (C=O) groups excluding carboxylic acids is 1. The van der Waals surface area contributed by atoms with Crippen LogP contribution in [-0.2, 0) is 0 Å². The number of halogens is 5. The number of ether oxygens (including phenoxy) is 1. The summed E-state index contributed by atoms with van der Waals surface area (Å²) in [5, 5.41) is 0. The van der Waals surface area contributed by atoms with Crippen molar-refractivity contribution in [1.82, 2.24) is 9.97 Å². The maximum absolute atomic E-state index is 12.7. The van der Waals surface area contributed by atoms with Crippen LogP contribution in [0.15, 0.2) is 12.4 Å². The van der Waals surface area contributed by atoms with Crippen LogP contribution in [0.5, 0.6) is 5.88 Å². The van der Waals surface area contributed by atoms with Gasteiger partial charge in [-0.05, 0) is 0 Å². The molecule has 0 aliphatic rings. The molecule has 0 bridgehead atoms. The molecular formula is C8H5F5N2O2. The molecule has 0 aliphatic heterocycles. The smallest absolute Gasteiger partial charge is 0.461 e. The van der Waals surface area contributed by atoms with Crippen molar-refractivity contribution < 1.29 is 31.5 Å². The van der Waals surface area contributed by atoms with Crippen molar-refractivity contribution in [2.24, 2.45) is 0 Å². The summed E-state index contributed by atoms with van der Waals surface area (Å²) in [7, 11) is 0.965. The van der Waals surface area contributed by atoms with Gasteiger partial charge in [0.2, 0.25) is 5.88 Å². The maximum Gasteiger partial charge on any atom is 0.461 e. The number of rotatable bonds is 3. The maximum atomic E-state index is 12.7. The third-order valence-electron chi connectivity index (χ3n) is 1.71. The third kappa shape index (κ3) is 2.32. The van der Waals surface area contributed by atoms with E-state index in [2.05, 4.69) is 14.7 Å². The molecule has 1 aromatic heterocycles. The summed E-state index contributed by atoms with van der Waals surface area (Å²) < 4.78 is 65.7. The second-order valence-electron chi connectivity index (χ2n) is 2.82. The number of ketones is 1. The second kappa shape index (κ2) is 4.22. The van der Waals surface area contributed by atoms with E-state index in [4.69, 9.17) is 0 Å². The molecule has 0 aliphatic carbocycles. The van der Waals surface area contributed by atoms with Gasteiger partial charge in [0.05, 0.1) is 7.11 Å². The predicted octanol–water partition coefficient (Wildman–Crippen LogP) is 1.87. The van der Waals surface area contributed by atoms with Crippen LogP contribution < -0.4 is 4.74 Å². The molecular weight excluding hydrogens is 251 g/mol. The fourth-order valence-corrected chi connectivity index (χ4v) is 0.908. The molecule has 0 radical (unpaired) electrons. The van der Waals surface area contributed by atoms with Crippen LogP contribution in [0.2, 0.25) is 0 Å². The highest BCUT2D eigenvalue weighted by Crippen LogP contribution is 2.38. The van der Waals surface area contributed by atoms with Gasteiger partial charge in [0.25, 0.3) is 5.78 Å². The quantitative estimate of drug-likeness (QED) is 0.612. The largest absolute Gasteiger partial charge is 0.479 e. The Labute approximate surface area is 91.4 Å². The van der Waals surface area contributed by atoms with Crippen LogP contribution in [0.25, 0.3) is 0 Å². The van der Waals surface area contributed by atoms with E-state index in [9.17, 15) is 26.7 Å². The Morgan fingerprint density at radius 1 is 1.18 bits per heavy atom. The Kier molecular flexibility index (Phi) is 3.30. The molecule has 0 saturated heterocycles. The zero-order valence-corrected chi connectivity index (χ0v) is 8.26. The number of Topliss-reactive ketones (excluding diaryl/α,β-unsaturated/α-hetero) is 1. The van der Waals surface area contributed by atoms with Gasteiger partial charge in [-0.15, -0.1) is 0 Å².